The summed E-state index contributed by atoms with van der Waals surface area (Å²) in [5, 5.41) is 4.29. The Morgan fingerprint density at radius 1 is 1.00 bits per heavy atom. The number of rotatable bonds is 2. The van der Waals surface area contributed by atoms with E-state index < -0.39 is 0 Å². The third-order valence-electron chi connectivity index (χ3n) is 2.46. The Hall–Kier alpha value is -2.29. The van der Waals surface area contributed by atoms with E-state index in [9.17, 15) is 0 Å². The van der Waals surface area contributed by atoms with E-state index >= 15 is 0 Å². The maximum Gasteiger partial charge on any atom is 0.116 e. The molecule has 0 amide bonds. The maximum absolute atomic E-state index is 5.07. The van der Waals surface area contributed by atoms with Crippen molar-refractivity contribution in [1.82, 2.24) is 9.78 Å². The Labute approximate surface area is 92.9 Å². The van der Waals surface area contributed by atoms with Gasteiger partial charge >= 0.3 is 0 Å². The molecule has 16 heavy (non-hydrogen) atoms. The van der Waals surface area contributed by atoms with Gasteiger partial charge in [-0.1, -0.05) is 30.3 Å². The van der Waals surface area contributed by atoms with Crippen molar-refractivity contribution in [2.24, 2.45) is 0 Å². The van der Waals surface area contributed by atoms with E-state index in [0.717, 1.165) is 16.9 Å². The minimum atomic E-state index is 0.934. The monoisotopic (exact) mass is 210 g/mol. The van der Waals surface area contributed by atoms with Gasteiger partial charge in [-0.25, -0.2) is 4.68 Å². The summed E-state index contributed by atoms with van der Waals surface area (Å²) in [7, 11) is 0. The van der Waals surface area contributed by atoms with Gasteiger partial charge in [0.25, 0.3) is 0 Å². The minimum Gasteiger partial charge on any atom is -0.470 e. The zero-order chi connectivity index (χ0) is 10.8. The molecule has 0 spiro atoms. The largest absolute Gasteiger partial charge is 0.470 e. The summed E-state index contributed by atoms with van der Waals surface area (Å²) in [6, 6.07) is 14.0. The van der Waals surface area contributed by atoms with Crippen molar-refractivity contribution in [3.63, 3.8) is 0 Å². The molecule has 0 atom stereocenters. The van der Waals surface area contributed by atoms with Crippen molar-refractivity contribution in [3.8, 4) is 16.9 Å². The fourth-order valence-electron chi connectivity index (χ4n) is 1.71. The van der Waals surface area contributed by atoms with Gasteiger partial charge < -0.3 is 4.42 Å². The molecular weight excluding hydrogens is 200 g/mol. The highest BCUT2D eigenvalue weighted by Crippen LogP contribution is 2.21. The quantitative estimate of drug-likeness (QED) is 0.650. The van der Waals surface area contributed by atoms with E-state index in [1.165, 1.54) is 0 Å². The standard InChI is InChI=1S/C13H10N2O/c1-2-4-11(5-3-1)13-6-8-14-15(13)12-7-9-16-10-12/h1-10H. The van der Waals surface area contributed by atoms with Crippen LogP contribution >= 0.6 is 0 Å². The van der Waals surface area contributed by atoms with Gasteiger partial charge in [-0.2, -0.15) is 5.10 Å². The van der Waals surface area contributed by atoms with Gasteiger partial charge in [0.1, 0.15) is 12.0 Å². The fourth-order valence-corrected chi connectivity index (χ4v) is 1.71. The first-order valence-electron chi connectivity index (χ1n) is 5.07. The second-order valence-electron chi connectivity index (χ2n) is 3.48. The van der Waals surface area contributed by atoms with Crippen LogP contribution in [0.2, 0.25) is 0 Å². The first kappa shape index (κ1) is 8.97. The van der Waals surface area contributed by atoms with Crippen molar-refractivity contribution < 1.29 is 4.42 Å². The van der Waals surface area contributed by atoms with Crippen molar-refractivity contribution in [2.45, 2.75) is 0 Å². The molecule has 0 aliphatic carbocycles. The van der Waals surface area contributed by atoms with Crippen LogP contribution in [0.3, 0.4) is 0 Å². The highest BCUT2D eigenvalue weighted by Gasteiger charge is 2.07. The first-order valence-corrected chi connectivity index (χ1v) is 5.07. The molecule has 0 unspecified atom stereocenters. The topological polar surface area (TPSA) is 31.0 Å². The van der Waals surface area contributed by atoms with E-state index in [1.807, 2.05) is 35.0 Å². The average molecular weight is 210 g/mol. The highest BCUT2D eigenvalue weighted by molar-refractivity contribution is 5.61. The fraction of sp³-hybridized carbons (Fsp3) is 0. The van der Waals surface area contributed by atoms with Crippen LogP contribution in [-0.2, 0) is 0 Å². The molecule has 0 aliphatic heterocycles. The Balaban J connectivity index is 2.14. The molecule has 3 nitrogen and oxygen atoms in total. The summed E-state index contributed by atoms with van der Waals surface area (Å²) in [6.45, 7) is 0. The van der Waals surface area contributed by atoms with Crippen molar-refractivity contribution in [3.05, 3.63) is 61.2 Å². The molecule has 1 aromatic carbocycles. The average Bonchev–Trinajstić information content (AvgIpc) is 3.01. The molecule has 78 valence electrons. The molecule has 3 aromatic rings. The number of nitrogens with zero attached hydrogens (tertiary/aromatic N) is 2. The van der Waals surface area contributed by atoms with Crippen molar-refractivity contribution in [1.29, 1.82) is 0 Å². The molecule has 0 aliphatic rings. The number of furan rings is 1. The van der Waals surface area contributed by atoms with E-state index in [1.54, 1.807) is 18.7 Å². The van der Waals surface area contributed by atoms with Gasteiger partial charge in [0.2, 0.25) is 0 Å². The van der Waals surface area contributed by atoms with Crippen LogP contribution in [-0.4, -0.2) is 9.78 Å². The van der Waals surface area contributed by atoms with Gasteiger partial charge in [0.15, 0.2) is 0 Å². The number of benzene rings is 1. The molecule has 0 saturated heterocycles. The highest BCUT2D eigenvalue weighted by atomic mass is 16.3. The summed E-state index contributed by atoms with van der Waals surface area (Å²) >= 11 is 0. The summed E-state index contributed by atoms with van der Waals surface area (Å²) in [6.07, 6.45) is 5.11. The minimum absolute atomic E-state index is 0.934. The summed E-state index contributed by atoms with van der Waals surface area (Å²) in [5.41, 5.74) is 3.13. The van der Waals surface area contributed by atoms with Crippen LogP contribution in [0.5, 0.6) is 0 Å². The second-order valence-corrected chi connectivity index (χ2v) is 3.48. The van der Waals surface area contributed by atoms with Crippen LogP contribution < -0.4 is 0 Å². The van der Waals surface area contributed by atoms with Gasteiger partial charge in [-0.15, -0.1) is 0 Å². The predicted octanol–water partition coefficient (Wildman–Crippen LogP) is 3.13. The van der Waals surface area contributed by atoms with Gasteiger partial charge in [0, 0.05) is 11.6 Å². The Kier molecular flexibility index (Phi) is 2.07. The SMILES string of the molecule is c1ccc(-c2ccnn2-c2ccoc2)cc1. The van der Waals surface area contributed by atoms with Crippen LogP contribution in [0, 0.1) is 0 Å². The molecule has 3 heteroatoms. The Morgan fingerprint density at radius 3 is 2.62 bits per heavy atom. The van der Waals surface area contributed by atoms with E-state index in [4.69, 9.17) is 4.42 Å². The summed E-state index contributed by atoms with van der Waals surface area (Å²) < 4.78 is 6.93. The molecule has 0 fully saturated rings. The molecular formula is C13H10N2O. The van der Waals surface area contributed by atoms with Crippen molar-refractivity contribution in [2.75, 3.05) is 0 Å². The molecule has 3 rings (SSSR count). The van der Waals surface area contributed by atoms with Crippen LogP contribution in [0.4, 0.5) is 0 Å². The number of hydrogen-bond acceptors (Lipinski definition) is 2. The molecule has 0 bridgehead atoms. The second kappa shape index (κ2) is 3.70. The van der Waals surface area contributed by atoms with Crippen LogP contribution in [0.15, 0.2) is 65.6 Å². The van der Waals surface area contributed by atoms with E-state index in [-0.39, 0.29) is 0 Å². The lowest BCUT2D eigenvalue weighted by atomic mass is 10.1. The molecule has 0 N–H and O–H groups in total. The Morgan fingerprint density at radius 2 is 1.88 bits per heavy atom. The zero-order valence-corrected chi connectivity index (χ0v) is 8.58. The smallest absolute Gasteiger partial charge is 0.116 e. The normalized spacial score (nSPS) is 10.5. The summed E-state index contributed by atoms with van der Waals surface area (Å²) in [4.78, 5) is 0. The van der Waals surface area contributed by atoms with Gasteiger partial charge in [0.05, 0.1) is 18.2 Å². The summed E-state index contributed by atoms with van der Waals surface area (Å²) in [5.74, 6) is 0. The lowest BCUT2D eigenvalue weighted by Crippen LogP contribution is -1.96. The molecule has 0 radical (unpaired) electrons. The van der Waals surface area contributed by atoms with E-state index in [2.05, 4.69) is 17.2 Å². The van der Waals surface area contributed by atoms with Crippen LogP contribution in [0.25, 0.3) is 16.9 Å². The molecule has 2 heterocycles. The number of hydrogen-bond donors (Lipinski definition) is 0. The Bertz CT molecular complexity index is 567. The zero-order valence-electron chi connectivity index (χ0n) is 8.58. The van der Waals surface area contributed by atoms with Gasteiger partial charge in [-0.3, -0.25) is 0 Å². The van der Waals surface area contributed by atoms with Crippen molar-refractivity contribution >= 4 is 0 Å². The van der Waals surface area contributed by atoms with E-state index in [0.29, 0.717) is 0 Å². The molecule has 0 saturated carbocycles. The maximum atomic E-state index is 5.07. The first-order chi connectivity index (χ1) is 7.95. The molecule has 2 aromatic heterocycles. The predicted molar refractivity (Wildman–Crippen MR) is 61.3 cm³/mol. The van der Waals surface area contributed by atoms with Crippen LogP contribution in [0.1, 0.15) is 0 Å². The lowest BCUT2D eigenvalue weighted by molar-refractivity contribution is 0.564. The third-order valence-corrected chi connectivity index (χ3v) is 2.46. The van der Waals surface area contributed by atoms with Gasteiger partial charge in [-0.05, 0) is 6.07 Å². The number of aromatic nitrogens is 2. The lowest BCUT2D eigenvalue weighted by Gasteiger charge is -2.04. The third kappa shape index (κ3) is 1.42.